The van der Waals surface area contributed by atoms with Gasteiger partial charge >= 0.3 is 6.09 Å². The Morgan fingerprint density at radius 2 is 1.96 bits per heavy atom. The Morgan fingerprint density at radius 1 is 1.29 bits per heavy atom. The second-order valence-corrected chi connectivity index (χ2v) is 5.28. The quantitative estimate of drug-likeness (QED) is 0.649. The van der Waals surface area contributed by atoms with E-state index in [0.717, 1.165) is 5.56 Å². The number of hydrogen-bond donors (Lipinski definition) is 3. The largest absolute Gasteiger partial charge is 0.447 e. The van der Waals surface area contributed by atoms with E-state index in [1.165, 1.54) is 11.8 Å². The minimum absolute atomic E-state index is 0.0899. The molecular weight excluding hydrogens is 316 g/mol. The molecule has 1 aromatic carbocycles. The molecule has 128 valence electrons. The number of nitrogens with one attached hydrogen (secondary N) is 2. The van der Waals surface area contributed by atoms with Gasteiger partial charge in [0.2, 0.25) is 17.7 Å². The van der Waals surface area contributed by atoms with E-state index < -0.39 is 23.9 Å². The zero-order chi connectivity index (χ0) is 17.7. The number of carbonyl (C=O) groups excluding carboxylic acids is 4. The standard InChI is InChI=1S/C15H18N4O5/c1-9(20)18-11-4-2-10(3-5-11)7-19-12(8-24-15(19)23)14(22)17-6-13(16)21/h2-5,12H,6-8H2,1H3,(H2,16,21)(H,17,22)(H,18,20)/t12-/m0/s1. The number of nitrogens with zero attached hydrogens (tertiary/aromatic N) is 1. The van der Waals surface area contributed by atoms with Crippen LogP contribution in [0.2, 0.25) is 0 Å². The molecule has 1 aliphatic rings. The fourth-order valence-electron chi connectivity index (χ4n) is 2.23. The molecule has 24 heavy (non-hydrogen) atoms. The van der Waals surface area contributed by atoms with E-state index in [4.69, 9.17) is 10.5 Å². The van der Waals surface area contributed by atoms with E-state index in [1.54, 1.807) is 24.3 Å². The van der Waals surface area contributed by atoms with E-state index in [2.05, 4.69) is 10.6 Å². The van der Waals surface area contributed by atoms with Crippen LogP contribution in [0.1, 0.15) is 12.5 Å². The van der Waals surface area contributed by atoms with Crippen LogP contribution >= 0.6 is 0 Å². The molecule has 1 saturated heterocycles. The van der Waals surface area contributed by atoms with Crippen molar-refractivity contribution in [3.8, 4) is 0 Å². The smallest absolute Gasteiger partial charge is 0.410 e. The summed E-state index contributed by atoms with van der Waals surface area (Å²) in [6.45, 7) is 1.17. The Kier molecular flexibility index (Phi) is 5.35. The van der Waals surface area contributed by atoms with Crippen molar-refractivity contribution in [3.63, 3.8) is 0 Å². The molecule has 2 rings (SSSR count). The molecular formula is C15H18N4O5. The molecule has 1 fully saturated rings. The zero-order valence-electron chi connectivity index (χ0n) is 13.1. The van der Waals surface area contributed by atoms with Crippen molar-refractivity contribution in [2.75, 3.05) is 18.5 Å². The molecule has 0 saturated carbocycles. The highest BCUT2D eigenvalue weighted by molar-refractivity contribution is 5.90. The number of amides is 4. The third kappa shape index (κ3) is 4.45. The van der Waals surface area contributed by atoms with Gasteiger partial charge in [0.1, 0.15) is 12.6 Å². The molecule has 0 unspecified atom stereocenters. The van der Waals surface area contributed by atoms with Gasteiger partial charge in [-0.2, -0.15) is 0 Å². The maximum atomic E-state index is 12.0. The van der Waals surface area contributed by atoms with E-state index in [9.17, 15) is 19.2 Å². The highest BCUT2D eigenvalue weighted by atomic mass is 16.6. The van der Waals surface area contributed by atoms with Crippen LogP contribution in [0, 0.1) is 0 Å². The summed E-state index contributed by atoms with van der Waals surface area (Å²) in [5.41, 5.74) is 6.37. The van der Waals surface area contributed by atoms with Crippen molar-refractivity contribution in [2.24, 2.45) is 5.73 Å². The van der Waals surface area contributed by atoms with Crippen LogP contribution in [-0.4, -0.2) is 47.9 Å². The first-order chi connectivity index (χ1) is 11.4. The molecule has 4 amide bonds. The molecule has 1 atom stereocenters. The second-order valence-electron chi connectivity index (χ2n) is 5.28. The molecule has 1 aromatic rings. The molecule has 1 heterocycles. The molecule has 4 N–H and O–H groups in total. The number of rotatable bonds is 6. The van der Waals surface area contributed by atoms with Crippen molar-refractivity contribution in [2.45, 2.75) is 19.5 Å². The van der Waals surface area contributed by atoms with Gasteiger partial charge in [-0.3, -0.25) is 19.3 Å². The maximum Gasteiger partial charge on any atom is 0.410 e. The van der Waals surface area contributed by atoms with Crippen LogP contribution in [0.15, 0.2) is 24.3 Å². The van der Waals surface area contributed by atoms with Crippen molar-refractivity contribution in [3.05, 3.63) is 29.8 Å². The molecule has 0 bridgehead atoms. The van der Waals surface area contributed by atoms with Crippen molar-refractivity contribution < 1.29 is 23.9 Å². The van der Waals surface area contributed by atoms with E-state index in [1.807, 2.05) is 0 Å². The number of hydrogen-bond acceptors (Lipinski definition) is 5. The lowest BCUT2D eigenvalue weighted by Crippen LogP contribution is -2.47. The number of anilines is 1. The molecule has 0 spiro atoms. The number of benzene rings is 1. The number of nitrogens with two attached hydrogens (primary N) is 1. The molecule has 0 radical (unpaired) electrons. The lowest BCUT2D eigenvalue weighted by molar-refractivity contribution is -0.127. The molecule has 9 heteroatoms. The summed E-state index contributed by atoms with van der Waals surface area (Å²) in [6, 6.07) is 6.03. The first-order valence-corrected chi connectivity index (χ1v) is 7.22. The van der Waals surface area contributed by atoms with Crippen molar-refractivity contribution in [1.82, 2.24) is 10.2 Å². The molecule has 1 aliphatic heterocycles. The summed E-state index contributed by atoms with van der Waals surface area (Å²) in [7, 11) is 0. The first kappa shape index (κ1) is 17.3. The fourth-order valence-corrected chi connectivity index (χ4v) is 2.23. The third-order valence-corrected chi connectivity index (χ3v) is 3.34. The van der Waals surface area contributed by atoms with Crippen LogP contribution in [0.4, 0.5) is 10.5 Å². The Balaban J connectivity index is 2.02. The average molecular weight is 334 g/mol. The first-order valence-electron chi connectivity index (χ1n) is 7.22. The Bertz CT molecular complexity index is 658. The van der Waals surface area contributed by atoms with Crippen LogP contribution in [0.5, 0.6) is 0 Å². The van der Waals surface area contributed by atoms with E-state index in [-0.39, 0.29) is 25.6 Å². The van der Waals surface area contributed by atoms with Gasteiger partial charge in [-0.15, -0.1) is 0 Å². The number of cyclic esters (lactones) is 1. The predicted octanol–water partition coefficient (Wildman–Crippen LogP) is -0.433. The third-order valence-electron chi connectivity index (χ3n) is 3.34. The fraction of sp³-hybridized carbons (Fsp3) is 0.333. The van der Waals surface area contributed by atoms with Crippen LogP contribution < -0.4 is 16.4 Å². The van der Waals surface area contributed by atoms with Crippen LogP contribution in [-0.2, 0) is 25.7 Å². The number of primary amides is 1. The monoisotopic (exact) mass is 334 g/mol. The maximum absolute atomic E-state index is 12.0. The van der Waals surface area contributed by atoms with Gasteiger partial charge in [0, 0.05) is 12.6 Å². The van der Waals surface area contributed by atoms with Crippen LogP contribution in [0.25, 0.3) is 0 Å². The second kappa shape index (κ2) is 7.44. The highest BCUT2D eigenvalue weighted by Crippen LogP contribution is 2.18. The summed E-state index contributed by atoms with van der Waals surface area (Å²) in [5.74, 6) is -1.36. The Hall–Kier alpha value is -3.10. The van der Waals surface area contributed by atoms with Gasteiger partial charge in [0.05, 0.1) is 13.1 Å². The predicted molar refractivity (Wildman–Crippen MR) is 83.6 cm³/mol. The minimum atomic E-state index is -0.827. The lowest BCUT2D eigenvalue weighted by Gasteiger charge is -2.20. The van der Waals surface area contributed by atoms with E-state index >= 15 is 0 Å². The van der Waals surface area contributed by atoms with Gasteiger partial charge in [-0.25, -0.2) is 4.79 Å². The Morgan fingerprint density at radius 3 is 2.54 bits per heavy atom. The summed E-state index contributed by atoms with van der Waals surface area (Å²) < 4.78 is 4.91. The van der Waals surface area contributed by atoms with Gasteiger partial charge < -0.3 is 21.1 Å². The highest BCUT2D eigenvalue weighted by Gasteiger charge is 2.37. The number of carbonyl (C=O) groups is 4. The summed E-state index contributed by atoms with van der Waals surface area (Å²) >= 11 is 0. The topological polar surface area (TPSA) is 131 Å². The van der Waals surface area contributed by atoms with Crippen molar-refractivity contribution in [1.29, 1.82) is 0 Å². The van der Waals surface area contributed by atoms with Gasteiger partial charge in [-0.1, -0.05) is 12.1 Å². The summed E-state index contributed by atoms with van der Waals surface area (Å²) in [5, 5.41) is 4.99. The Labute approximate surface area is 138 Å². The van der Waals surface area contributed by atoms with E-state index in [0.29, 0.717) is 5.69 Å². The van der Waals surface area contributed by atoms with Gasteiger partial charge in [0.15, 0.2) is 0 Å². The molecule has 9 nitrogen and oxygen atoms in total. The van der Waals surface area contributed by atoms with Gasteiger partial charge in [-0.05, 0) is 17.7 Å². The lowest BCUT2D eigenvalue weighted by atomic mass is 10.1. The SMILES string of the molecule is CC(=O)Nc1ccc(CN2C(=O)OC[C@H]2C(=O)NCC(N)=O)cc1. The van der Waals surface area contributed by atoms with Gasteiger partial charge in [0.25, 0.3) is 0 Å². The molecule has 0 aromatic heterocycles. The minimum Gasteiger partial charge on any atom is -0.447 e. The summed E-state index contributed by atoms with van der Waals surface area (Å²) in [4.78, 5) is 46.8. The molecule has 0 aliphatic carbocycles. The average Bonchev–Trinajstić information content (AvgIpc) is 2.87. The van der Waals surface area contributed by atoms with Crippen molar-refractivity contribution >= 4 is 29.5 Å². The number of ether oxygens (including phenoxy) is 1. The normalized spacial score (nSPS) is 16.5. The zero-order valence-corrected chi connectivity index (χ0v) is 13.1. The van der Waals surface area contributed by atoms with Crippen LogP contribution in [0.3, 0.4) is 0 Å². The summed E-state index contributed by atoms with van der Waals surface area (Å²) in [6.07, 6.45) is -0.611.